The lowest BCUT2D eigenvalue weighted by Crippen LogP contribution is -2.27. The van der Waals surface area contributed by atoms with Crippen molar-refractivity contribution in [2.24, 2.45) is 0 Å². The van der Waals surface area contributed by atoms with Crippen LogP contribution in [0.25, 0.3) is 10.9 Å². The van der Waals surface area contributed by atoms with Crippen LogP contribution in [-0.2, 0) is 4.74 Å². The number of rotatable bonds is 1. The van der Waals surface area contributed by atoms with Gasteiger partial charge in [-0.15, -0.1) is 0 Å². The minimum atomic E-state index is -0.736. The molecule has 0 bridgehead atoms. The van der Waals surface area contributed by atoms with Gasteiger partial charge in [0, 0.05) is 11.5 Å². The average Bonchev–Trinajstić information content (AvgIpc) is 2.65. The SMILES string of the molecule is CC(C)(C)OC(=O)n1nc(I)c2cccc([N+](=O)[O-])c21. The van der Waals surface area contributed by atoms with Gasteiger partial charge in [0.15, 0.2) is 5.52 Å². The molecular weight excluding hydrogens is 377 g/mol. The van der Waals surface area contributed by atoms with Crippen LogP contribution in [0.2, 0.25) is 0 Å². The van der Waals surface area contributed by atoms with Crippen molar-refractivity contribution in [1.29, 1.82) is 0 Å². The normalized spacial score (nSPS) is 11.6. The quantitative estimate of drug-likeness (QED) is 0.424. The molecule has 0 aliphatic rings. The first-order valence-corrected chi connectivity index (χ1v) is 6.83. The topological polar surface area (TPSA) is 87.3 Å². The Hall–Kier alpha value is -1.71. The molecule has 0 amide bonds. The minimum absolute atomic E-state index is 0.149. The summed E-state index contributed by atoms with van der Waals surface area (Å²) in [5, 5.41) is 15.7. The molecule has 1 aromatic carbocycles. The van der Waals surface area contributed by atoms with Gasteiger partial charge in [-0.2, -0.15) is 9.78 Å². The van der Waals surface area contributed by atoms with Gasteiger partial charge in [0.2, 0.25) is 0 Å². The summed E-state index contributed by atoms with van der Waals surface area (Å²) >= 11 is 1.93. The summed E-state index contributed by atoms with van der Waals surface area (Å²) in [4.78, 5) is 22.7. The first kappa shape index (κ1) is 14.7. The zero-order valence-electron chi connectivity index (χ0n) is 11.1. The number of carbonyl (C=O) groups is 1. The molecule has 2 rings (SSSR count). The van der Waals surface area contributed by atoms with Crippen LogP contribution in [0.4, 0.5) is 10.5 Å². The lowest BCUT2D eigenvalue weighted by atomic mass is 10.2. The van der Waals surface area contributed by atoms with E-state index in [2.05, 4.69) is 5.10 Å². The van der Waals surface area contributed by atoms with Crippen molar-refractivity contribution in [3.05, 3.63) is 32.0 Å². The van der Waals surface area contributed by atoms with Gasteiger partial charge in [0.05, 0.1) is 4.92 Å². The van der Waals surface area contributed by atoms with Gasteiger partial charge < -0.3 is 4.74 Å². The number of aromatic nitrogens is 2. The van der Waals surface area contributed by atoms with Crippen molar-refractivity contribution < 1.29 is 14.5 Å². The number of halogens is 1. The Morgan fingerprint density at radius 2 is 2.10 bits per heavy atom. The molecule has 0 atom stereocenters. The number of para-hydroxylation sites is 1. The minimum Gasteiger partial charge on any atom is -0.442 e. The van der Waals surface area contributed by atoms with Gasteiger partial charge in [-0.3, -0.25) is 10.1 Å². The number of ether oxygens (including phenoxy) is 1. The van der Waals surface area contributed by atoms with Crippen molar-refractivity contribution in [1.82, 2.24) is 9.78 Å². The van der Waals surface area contributed by atoms with Gasteiger partial charge in [0.25, 0.3) is 5.69 Å². The Bertz CT molecular complexity index is 703. The second-order valence-corrected chi connectivity index (χ2v) is 6.14. The molecule has 20 heavy (non-hydrogen) atoms. The first-order chi connectivity index (χ1) is 9.20. The van der Waals surface area contributed by atoms with E-state index < -0.39 is 16.6 Å². The maximum atomic E-state index is 12.1. The van der Waals surface area contributed by atoms with E-state index in [1.165, 1.54) is 6.07 Å². The average molecular weight is 389 g/mol. The second-order valence-electron chi connectivity index (χ2n) is 5.11. The summed E-state index contributed by atoms with van der Waals surface area (Å²) in [6.45, 7) is 5.15. The Kier molecular flexibility index (Phi) is 3.67. The number of nitrogens with zero attached hydrogens (tertiary/aromatic N) is 3. The predicted molar refractivity (Wildman–Crippen MR) is 80.7 cm³/mol. The third-order valence-corrected chi connectivity index (χ3v) is 3.20. The largest absolute Gasteiger partial charge is 0.442 e. The van der Waals surface area contributed by atoms with Gasteiger partial charge in [-0.25, -0.2) is 4.79 Å². The van der Waals surface area contributed by atoms with Gasteiger partial charge in [0.1, 0.15) is 9.30 Å². The highest BCUT2D eigenvalue weighted by Crippen LogP contribution is 2.29. The molecule has 0 aliphatic heterocycles. The van der Waals surface area contributed by atoms with Crippen LogP contribution < -0.4 is 0 Å². The van der Waals surface area contributed by atoms with E-state index in [1.54, 1.807) is 32.9 Å². The van der Waals surface area contributed by atoms with Crippen molar-refractivity contribution in [2.45, 2.75) is 26.4 Å². The maximum absolute atomic E-state index is 12.1. The molecule has 8 heteroatoms. The van der Waals surface area contributed by atoms with E-state index >= 15 is 0 Å². The van der Waals surface area contributed by atoms with E-state index in [1.807, 2.05) is 22.6 Å². The van der Waals surface area contributed by atoms with Crippen LogP contribution in [0, 0.1) is 13.8 Å². The molecule has 1 heterocycles. The van der Waals surface area contributed by atoms with Crippen molar-refractivity contribution in [2.75, 3.05) is 0 Å². The molecule has 0 aliphatic carbocycles. The summed E-state index contributed by atoms with van der Waals surface area (Å²) in [6, 6.07) is 4.57. The Morgan fingerprint density at radius 3 is 2.65 bits per heavy atom. The summed E-state index contributed by atoms with van der Waals surface area (Å²) in [5.41, 5.74) is -0.732. The number of nitro benzene ring substituents is 1. The molecule has 0 saturated carbocycles. The molecule has 0 fully saturated rings. The number of nitro groups is 1. The van der Waals surface area contributed by atoms with Crippen LogP contribution in [0.1, 0.15) is 20.8 Å². The molecule has 7 nitrogen and oxygen atoms in total. The zero-order chi connectivity index (χ0) is 15.1. The van der Waals surface area contributed by atoms with Crippen molar-refractivity contribution in [3.8, 4) is 0 Å². The van der Waals surface area contributed by atoms with Gasteiger partial charge in [-0.05, 0) is 49.4 Å². The number of hydrogen-bond acceptors (Lipinski definition) is 5. The fourth-order valence-electron chi connectivity index (χ4n) is 1.70. The van der Waals surface area contributed by atoms with Crippen LogP contribution in [0.3, 0.4) is 0 Å². The Labute approximate surface area is 128 Å². The highest BCUT2D eigenvalue weighted by molar-refractivity contribution is 14.1. The summed E-state index contributed by atoms with van der Waals surface area (Å²) in [5.74, 6) is 0. The lowest BCUT2D eigenvalue weighted by Gasteiger charge is -2.19. The molecule has 106 valence electrons. The molecule has 0 unspecified atom stereocenters. The molecule has 0 spiro atoms. The molecular formula is C12H12IN3O4. The highest BCUT2D eigenvalue weighted by Gasteiger charge is 2.26. The van der Waals surface area contributed by atoms with Crippen LogP contribution in [-0.4, -0.2) is 26.4 Å². The monoisotopic (exact) mass is 389 g/mol. The van der Waals surface area contributed by atoms with E-state index in [4.69, 9.17) is 4.74 Å². The second kappa shape index (κ2) is 5.00. The van der Waals surface area contributed by atoms with Gasteiger partial charge >= 0.3 is 6.09 Å². The molecule has 2 aromatic rings. The van der Waals surface area contributed by atoms with Crippen LogP contribution in [0.5, 0.6) is 0 Å². The lowest BCUT2D eigenvalue weighted by molar-refractivity contribution is -0.383. The summed E-state index contributed by atoms with van der Waals surface area (Å²) in [6.07, 6.45) is -0.736. The maximum Gasteiger partial charge on any atom is 0.436 e. The number of benzene rings is 1. The third kappa shape index (κ3) is 2.74. The number of hydrogen-bond donors (Lipinski definition) is 0. The van der Waals surface area contributed by atoms with Crippen LogP contribution >= 0.6 is 22.6 Å². The molecule has 0 N–H and O–H groups in total. The Morgan fingerprint density at radius 1 is 1.45 bits per heavy atom. The smallest absolute Gasteiger partial charge is 0.436 e. The van der Waals surface area contributed by atoms with E-state index in [-0.39, 0.29) is 11.2 Å². The summed E-state index contributed by atoms with van der Waals surface area (Å²) in [7, 11) is 0. The highest BCUT2D eigenvalue weighted by atomic mass is 127. The Balaban J connectivity index is 2.65. The van der Waals surface area contributed by atoms with E-state index in [0.29, 0.717) is 9.09 Å². The number of carbonyl (C=O) groups excluding carboxylic acids is 1. The fraction of sp³-hybridized carbons (Fsp3) is 0.333. The zero-order valence-corrected chi connectivity index (χ0v) is 13.2. The molecule has 0 saturated heterocycles. The first-order valence-electron chi connectivity index (χ1n) is 5.75. The van der Waals surface area contributed by atoms with E-state index in [0.717, 1.165) is 4.68 Å². The van der Waals surface area contributed by atoms with Gasteiger partial charge in [-0.1, -0.05) is 6.07 Å². The van der Waals surface area contributed by atoms with E-state index in [9.17, 15) is 14.9 Å². The number of non-ortho nitro benzene ring substituents is 1. The van der Waals surface area contributed by atoms with Crippen molar-refractivity contribution >= 4 is 45.3 Å². The molecule has 1 aromatic heterocycles. The summed E-state index contributed by atoms with van der Waals surface area (Å²) < 4.78 is 6.67. The third-order valence-electron chi connectivity index (χ3n) is 2.40. The fourth-order valence-corrected chi connectivity index (χ4v) is 2.35. The predicted octanol–water partition coefficient (Wildman–Crippen LogP) is 3.33. The van der Waals surface area contributed by atoms with Crippen molar-refractivity contribution in [3.63, 3.8) is 0 Å². The number of fused-ring (bicyclic) bond motifs is 1. The molecule has 0 radical (unpaired) electrons. The van der Waals surface area contributed by atoms with Crippen LogP contribution in [0.15, 0.2) is 18.2 Å². The standard InChI is InChI=1S/C12H12IN3O4/c1-12(2,3)20-11(17)15-9-7(10(13)14-15)5-4-6-8(9)16(18)19/h4-6H,1-3H3.